The molecule has 1 heteroatoms. The summed E-state index contributed by atoms with van der Waals surface area (Å²) in [5, 5.41) is 0. The highest BCUT2D eigenvalue weighted by atomic mass is 15.2. The largest absolute Gasteiger partial charge is 0.297 e. The summed E-state index contributed by atoms with van der Waals surface area (Å²) in [4.78, 5) is 2.67. The van der Waals surface area contributed by atoms with E-state index >= 15 is 0 Å². The lowest BCUT2D eigenvalue weighted by atomic mass is 10.1. The predicted octanol–water partition coefficient (Wildman–Crippen LogP) is 3.22. The molecule has 1 saturated heterocycles. The van der Waals surface area contributed by atoms with Crippen LogP contribution in [0.25, 0.3) is 0 Å². The van der Waals surface area contributed by atoms with Crippen molar-refractivity contribution in [1.82, 2.24) is 4.90 Å². The molecule has 1 nitrogen and oxygen atoms in total. The molecule has 0 aromatic carbocycles. The predicted molar refractivity (Wildman–Crippen MR) is 58.9 cm³/mol. The third-order valence-corrected chi connectivity index (χ3v) is 3.16. The first-order chi connectivity index (χ1) is 6.29. The zero-order valence-electron chi connectivity index (χ0n) is 9.13. The average molecular weight is 181 g/mol. The van der Waals surface area contributed by atoms with Gasteiger partial charge in [0.2, 0.25) is 0 Å². The van der Waals surface area contributed by atoms with Crippen molar-refractivity contribution in [3.63, 3.8) is 0 Å². The van der Waals surface area contributed by atoms with Crippen molar-refractivity contribution in [2.45, 2.75) is 58.0 Å². The summed E-state index contributed by atoms with van der Waals surface area (Å²) in [7, 11) is 0. The highest BCUT2D eigenvalue weighted by Gasteiger charge is 2.28. The van der Waals surface area contributed by atoms with Gasteiger partial charge in [-0.1, -0.05) is 19.4 Å². The highest BCUT2D eigenvalue weighted by molar-refractivity contribution is 4.89. The standard InChI is InChI=1S/C12H23N/c1-4-6-10-13-11(3)8-9-12(13)7-5-2/h5,11-12H,2,4,6-10H2,1,3H3. The van der Waals surface area contributed by atoms with Crippen LogP contribution in [0.2, 0.25) is 0 Å². The Labute approximate surface area is 82.8 Å². The Bertz CT molecular complexity index is 153. The molecule has 2 atom stereocenters. The van der Waals surface area contributed by atoms with Gasteiger partial charge in [-0.15, -0.1) is 6.58 Å². The van der Waals surface area contributed by atoms with E-state index in [-0.39, 0.29) is 0 Å². The number of rotatable bonds is 5. The lowest BCUT2D eigenvalue weighted by molar-refractivity contribution is 0.200. The molecule has 0 aromatic heterocycles. The summed E-state index contributed by atoms with van der Waals surface area (Å²) in [6, 6.07) is 1.59. The molecule has 1 aliphatic heterocycles. The summed E-state index contributed by atoms with van der Waals surface area (Å²) in [6.07, 6.45) is 8.65. The van der Waals surface area contributed by atoms with Crippen molar-refractivity contribution >= 4 is 0 Å². The number of hydrogen-bond acceptors (Lipinski definition) is 1. The van der Waals surface area contributed by atoms with Crippen LogP contribution in [0, 0.1) is 0 Å². The molecule has 0 saturated carbocycles. The van der Waals surface area contributed by atoms with Crippen LogP contribution < -0.4 is 0 Å². The van der Waals surface area contributed by atoms with E-state index in [1.807, 2.05) is 0 Å². The van der Waals surface area contributed by atoms with Crippen LogP contribution in [0.5, 0.6) is 0 Å². The van der Waals surface area contributed by atoms with E-state index in [9.17, 15) is 0 Å². The molecular formula is C12H23N. The van der Waals surface area contributed by atoms with Crippen LogP contribution >= 0.6 is 0 Å². The Morgan fingerprint density at radius 2 is 2.23 bits per heavy atom. The van der Waals surface area contributed by atoms with E-state index in [0.29, 0.717) is 0 Å². The van der Waals surface area contributed by atoms with Crippen LogP contribution in [0.15, 0.2) is 12.7 Å². The van der Waals surface area contributed by atoms with Crippen LogP contribution in [0.3, 0.4) is 0 Å². The van der Waals surface area contributed by atoms with E-state index in [0.717, 1.165) is 12.1 Å². The number of likely N-dealkylation sites (tertiary alicyclic amines) is 1. The van der Waals surface area contributed by atoms with Gasteiger partial charge in [0.05, 0.1) is 0 Å². The summed E-state index contributed by atoms with van der Waals surface area (Å²) >= 11 is 0. The maximum absolute atomic E-state index is 3.84. The third-order valence-electron chi connectivity index (χ3n) is 3.16. The van der Waals surface area contributed by atoms with Crippen molar-refractivity contribution in [3.8, 4) is 0 Å². The topological polar surface area (TPSA) is 3.24 Å². The van der Waals surface area contributed by atoms with Gasteiger partial charge in [-0.2, -0.15) is 0 Å². The molecule has 13 heavy (non-hydrogen) atoms. The summed E-state index contributed by atoms with van der Waals surface area (Å²) in [5.41, 5.74) is 0. The maximum atomic E-state index is 3.84. The fraction of sp³-hybridized carbons (Fsp3) is 0.833. The van der Waals surface area contributed by atoms with E-state index in [1.54, 1.807) is 0 Å². The van der Waals surface area contributed by atoms with Crippen LogP contribution in [-0.4, -0.2) is 23.5 Å². The zero-order valence-corrected chi connectivity index (χ0v) is 9.13. The summed E-state index contributed by atoms with van der Waals surface area (Å²) in [5.74, 6) is 0. The first-order valence-electron chi connectivity index (χ1n) is 5.66. The molecule has 0 radical (unpaired) electrons. The average Bonchev–Trinajstić information content (AvgIpc) is 2.45. The van der Waals surface area contributed by atoms with Gasteiger partial charge in [-0.3, -0.25) is 4.90 Å². The van der Waals surface area contributed by atoms with Gasteiger partial charge in [0.25, 0.3) is 0 Å². The van der Waals surface area contributed by atoms with Crippen LogP contribution in [-0.2, 0) is 0 Å². The second kappa shape index (κ2) is 5.43. The second-order valence-electron chi connectivity index (χ2n) is 4.20. The van der Waals surface area contributed by atoms with Crippen molar-refractivity contribution in [2.24, 2.45) is 0 Å². The number of hydrogen-bond donors (Lipinski definition) is 0. The Hall–Kier alpha value is -0.300. The van der Waals surface area contributed by atoms with Crippen molar-refractivity contribution in [3.05, 3.63) is 12.7 Å². The lowest BCUT2D eigenvalue weighted by Crippen LogP contribution is -2.34. The molecule has 76 valence electrons. The van der Waals surface area contributed by atoms with E-state index in [4.69, 9.17) is 0 Å². The first kappa shape index (κ1) is 10.8. The Morgan fingerprint density at radius 3 is 2.85 bits per heavy atom. The van der Waals surface area contributed by atoms with Crippen LogP contribution in [0.4, 0.5) is 0 Å². The van der Waals surface area contributed by atoms with E-state index < -0.39 is 0 Å². The van der Waals surface area contributed by atoms with Gasteiger partial charge in [0, 0.05) is 12.1 Å². The van der Waals surface area contributed by atoms with Gasteiger partial charge < -0.3 is 0 Å². The van der Waals surface area contributed by atoms with E-state index in [2.05, 4.69) is 31.4 Å². The fourth-order valence-corrected chi connectivity index (χ4v) is 2.31. The zero-order chi connectivity index (χ0) is 9.68. The molecule has 0 amide bonds. The molecular weight excluding hydrogens is 158 g/mol. The minimum atomic E-state index is 0.791. The molecule has 1 fully saturated rings. The van der Waals surface area contributed by atoms with Crippen molar-refractivity contribution in [1.29, 1.82) is 0 Å². The monoisotopic (exact) mass is 181 g/mol. The summed E-state index contributed by atoms with van der Waals surface area (Å²) < 4.78 is 0. The van der Waals surface area contributed by atoms with Crippen molar-refractivity contribution in [2.75, 3.05) is 6.54 Å². The molecule has 0 aliphatic carbocycles. The van der Waals surface area contributed by atoms with E-state index in [1.165, 1.54) is 38.6 Å². The van der Waals surface area contributed by atoms with Gasteiger partial charge in [0.1, 0.15) is 0 Å². The normalized spacial score (nSPS) is 29.4. The fourth-order valence-electron chi connectivity index (χ4n) is 2.31. The molecule has 1 heterocycles. The minimum absolute atomic E-state index is 0.791. The Morgan fingerprint density at radius 1 is 1.46 bits per heavy atom. The maximum Gasteiger partial charge on any atom is 0.0133 e. The highest BCUT2D eigenvalue weighted by Crippen LogP contribution is 2.26. The molecule has 1 aliphatic rings. The molecule has 2 unspecified atom stereocenters. The van der Waals surface area contributed by atoms with Gasteiger partial charge in [-0.25, -0.2) is 0 Å². The SMILES string of the molecule is C=CCC1CCC(C)N1CCCC. The number of unbranched alkanes of at least 4 members (excludes halogenated alkanes) is 1. The van der Waals surface area contributed by atoms with Gasteiger partial charge >= 0.3 is 0 Å². The van der Waals surface area contributed by atoms with Gasteiger partial charge in [0.15, 0.2) is 0 Å². The molecule has 1 rings (SSSR count). The summed E-state index contributed by atoms with van der Waals surface area (Å²) in [6.45, 7) is 9.75. The molecule has 0 bridgehead atoms. The molecule has 0 spiro atoms. The third kappa shape index (κ3) is 2.84. The first-order valence-corrected chi connectivity index (χ1v) is 5.66. The Kier molecular flexibility index (Phi) is 4.51. The number of nitrogens with zero attached hydrogens (tertiary/aromatic N) is 1. The van der Waals surface area contributed by atoms with Crippen LogP contribution in [0.1, 0.15) is 46.0 Å². The quantitative estimate of drug-likeness (QED) is 0.589. The molecule has 0 N–H and O–H groups in total. The van der Waals surface area contributed by atoms with Gasteiger partial charge in [-0.05, 0) is 39.2 Å². The smallest absolute Gasteiger partial charge is 0.0133 e. The second-order valence-corrected chi connectivity index (χ2v) is 4.20. The molecule has 0 aromatic rings. The lowest BCUT2D eigenvalue weighted by Gasteiger charge is -2.27. The van der Waals surface area contributed by atoms with Crippen molar-refractivity contribution < 1.29 is 0 Å². The Balaban J connectivity index is 2.39. The minimum Gasteiger partial charge on any atom is -0.297 e.